The largest absolute Gasteiger partial charge is 0.469 e. The van der Waals surface area contributed by atoms with Crippen molar-refractivity contribution >= 4 is 28.5 Å². The molecule has 0 saturated heterocycles. The van der Waals surface area contributed by atoms with Crippen molar-refractivity contribution in [1.82, 2.24) is 0 Å². The zero-order chi connectivity index (χ0) is 12.8. The first-order chi connectivity index (χ1) is 7.26. The van der Waals surface area contributed by atoms with Crippen LogP contribution in [0, 0.1) is 0 Å². The van der Waals surface area contributed by atoms with Gasteiger partial charge in [-0.25, -0.2) is 0 Å². The molecular formula is C8H13F3O3S2. The fourth-order valence-corrected chi connectivity index (χ4v) is 2.80. The molecule has 0 spiro atoms. The number of carbonyl (C=O) groups is 1. The van der Waals surface area contributed by atoms with Gasteiger partial charge in [0.05, 0.1) is 13.5 Å². The molecular weight excluding hydrogens is 265 g/mol. The van der Waals surface area contributed by atoms with Crippen molar-refractivity contribution in [3.63, 3.8) is 0 Å². The van der Waals surface area contributed by atoms with Crippen LogP contribution in [0.15, 0.2) is 0 Å². The number of ether oxygens (including phenoxy) is 1. The molecule has 0 aromatic rings. The average Bonchev–Trinajstić information content (AvgIpc) is 2.15. The molecule has 16 heavy (non-hydrogen) atoms. The van der Waals surface area contributed by atoms with Crippen molar-refractivity contribution in [2.45, 2.75) is 24.1 Å². The van der Waals surface area contributed by atoms with E-state index in [1.165, 1.54) is 7.11 Å². The van der Waals surface area contributed by atoms with E-state index in [-0.39, 0.29) is 29.7 Å². The number of halogens is 3. The van der Waals surface area contributed by atoms with Crippen LogP contribution < -0.4 is 0 Å². The minimum absolute atomic E-state index is 0.0419. The van der Waals surface area contributed by atoms with E-state index in [4.69, 9.17) is 0 Å². The molecule has 0 aromatic heterocycles. The number of hydrogen-bond donors (Lipinski definition) is 0. The minimum Gasteiger partial charge on any atom is -0.469 e. The maximum Gasteiger partial charge on any atom is 0.441 e. The molecule has 0 rings (SSSR count). The summed E-state index contributed by atoms with van der Waals surface area (Å²) in [5.74, 6) is -0.853. The highest BCUT2D eigenvalue weighted by molar-refractivity contribution is 8.01. The summed E-state index contributed by atoms with van der Waals surface area (Å²) >= 11 is -0.205. The zero-order valence-electron chi connectivity index (χ0n) is 8.87. The van der Waals surface area contributed by atoms with Crippen LogP contribution in [0.5, 0.6) is 0 Å². The molecule has 96 valence electrons. The molecule has 2 atom stereocenters. The van der Waals surface area contributed by atoms with Crippen LogP contribution in [0.4, 0.5) is 13.2 Å². The lowest BCUT2D eigenvalue weighted by molar-refractivity contribution is -0.140. The first-order valence-corrected chi connectivity index (χ1v) is 6.77. The van der Waals surface area contributed by atoms with Gasteiger partial charge in [0, 0.05) is 27.6 Å². The molecule has 0 aliphatic heterocycles. The lowest BCUT2D eigenvalue weighted by Crippen LogP contribution is -2.20. The van der Waals surface area contributed by atoms with Crippen molar-refractivity contribution in [1.29, 1.82) is 0 Å². The Morgan fingerprint density at radius 2 is 2.06 bits per heavy atom. The first kappa shape index (κ1) is 15.8. The molecule has 0 amide bonds. The van der Waals surface area contributed by atoms with Crippen LogP contribution in [0.25, 0.3) is 0 Å². The third-order valence-corrected chi connectivity index (χ3v) is 4.35. The van der Waals surface area contributed by atoms with E-state index >= 15 is 0 Å². The van der Waals surface area contributed by atoms with Crippen LogP contribution in [0.2, 0.25) is 0 Å². The Labute approximate surface area is 98.6 Å². The second-order valence-electron chi connectivity index (χ2n) is 2.97. The summed E-state index contributed by atoms with van der Waals surface area (Å²) in [5.41, 5.74) is -4.30. The van der Waals surface area contributed by atoms with E-state index in [1.54, 1.807) is 6.92 Å². The summed E-state index contributed by atoms with van der Waals surface area (Å²) in [7, 11) is -0.237. The summed E-state index contributed by atoms with van der Waals surface area (Å²) in [5, 5.41) is -0.485. The molecule has 0 aliphatic rings. The molecule has 0 fully saturated rings. The summed E-state index contributed by atoms with van der Waals surface area (Å²) in [6.45, 7) is 1.55. The Morgan fingerprint density at radius 1 is 1.50 bits per heavy atom. The first-order valence-electron chi connectivity index (χ1n) is 4.41. The van der Waals surface area contributed by atoms with Gasteiger partial charge in [-0.1, -0.05) is 18.7 Å². The molecule has 0 N–H and O–H groups in total. The lowest BCUT2D eigenvalue weighted by atomic mass is 10.3. The quantitative estimate of drug-likeness (QED) is 0.696. The molecule has 8 heteroatoms. The number of methoxy groups -OCH3 is 1. The number of carbonyl (C=O) groups excluding carboxylic acids is 1. The second-order valence-corrected chi connectivity index (χ2v) is 6.10. The summed E-state index contributed by atoms with van der Waals surface area (Å²) in [6, 6.07) is 0. The Bertz CT molecular complexity index is 255. The van der Waals surface area contributed by atoms with E-state index < -0.39 is 27.5 Å². The minimum atomic E-state index is -4.30. The number of alkyl halides is 3. The second kappa shape index (κ2) is 7.16. The van der Waals surface area contributed by atoms with E-state index in [2.05, 4.69) is 4.74 Å². The van der Waals surface area contributed by atoms with Gasteiger partial charge < -0.3 is 4.74 Å². The molecule has 0 bridgehead atoms. The monoisotopic (exact) mass is 278 g/mol. The molecule has 2 unspecified atom stereocenters. The standard InChI is InChI=1S/C8H13F3O3S2/c1-6(5-7(12)14-2)16(13)4-3-15-8(9,10)11/h6H,3-5H2,1-2H3. The number of hydrogen-bond acceptors (Lipinski definition) is 4. The van der Waals surface area contributed by atoms with Gasteiger partial charge in [-0.2, -0.15) is 13.2 Å². The predicted octanol–water partition coefficient (Wildman–Crippen LogP) is 1.94. The Kier molecular flexibility index (Phi) is 7.05. The van der Waals surface area contributed by atoms with Gasteiger partial charge in [0.1, 0.15) is 0 Å². The molecule has 0 aliphatic carbocycles. The van der Waals surface area contributed by atoms with Gasteiger partial charge in [-0.3, -0.25) is 9.00 Å². The number of thioether (sulfide) groups is 1. The van der Waals surface area contributed by atoms with E-state index in [0.717, 1.165) is 0 Å². The van der Waals surface area contributed by atoms with Crippen LogP contribution in [0.3, 0.4) is 0 Å². The van der Waals surface area contributed by atoms with Crippen LogP contribution in [-0.2, 0) is 20.3 Å². The van der Waals surface area contributed by atoms with Crippen molar-refractivity contribution < 1.29 is 26.9 Å². The Morgan fingerprint density at radius 3 is 2.50 bits per heavy atom. The summed E-state index contributed by atoms with van der Waals surface area (Å²) in [6.07, 6.45) is -0.0419. The van der Waals surface area contributed by atoms with Gasteiger partial charge in [0.15, 0.2) is 0 Å². The fraction of sp³-hybridized carbons (Fsp3) is 0.875. The van der Waals surface area contributed by atoms with Crippen molar-refractivity contribution in [3.05, 3.63) is 0 Å². The van der Waals surface area contributed by atoms with Gasteiger partial charge in [0.25, 0.3) is 0 Å². The van der Waals surface area contributed by atoms with Crippen LogP contribution >= 0.6 is 11.8 Å². The van der Waals surface area contributed by atoms with Crippen molar-refractivity contribution in [3.8, 4) is 0 Å². The van der Waals surface area contributed by atoms with Crippen molar-refractivity contribution in [2.24, 2.45) is 0 Å². The fourth-order valence-electron chi connectivity index (χ4n) is 0.852. The van der Waals surface area contributed by atoms with E-state index in [9.17, 15) is 22.2 Å². The summed E-state index contributed by atoms with van der Waals surface area (Å²) in [4.78, 5) is 10.8. The Balaban J connectivity index is 3.84. The van der Waals surface area contributed by atoms with Gasteiger partial charge in [-0.15, -0.1) is 0 Å². The summed E-state index contributed by atoms with van der Waals surface area (Å²) < 4.78 is 51.1. The van der Waals surface area contributed by atoms with Gasteiger partial charge in [-0.05, 0) is 0 Å². The van der Waals surface area contributed by atoms with Crippen LogP contribution in [0.1, 0.15) is 13.3 Å². The van der Waals surface area contributed by atoms with E-state index in [0.29, 0.717) is 0 Å². The number of esters is 1. The number of rotatable bonds is 6. The highest BCUT2D eigenvalue weighted by Crippen LogP contribution is 2.29. The topological polar surface area (TPSA) is 43.4 Å². The molecule has 0 aromatic carbocycles. The molecule has 0 radical (unpaired) electrons. The SMILES string of the molecule is COC(=O)CC(C)S(=O)CCSC(F)(F)F. The van der Waals surface area contributed by atoms with Gasteiger partial charge >= 0.3 is 11.5 Å². The Hall–Kier alpha value is -0.240. The van der Waals surface area contributed by atoms with E-state index in [1.807, 2.05) is 0 Å². The molecule has 3 nitrogen and oxygen atoms in total. The van der Waals surface area contributed by atoms with Crippen molar-refractivity contribution in [2.75, 3.05) is 18.6 Å². The molecule has 0 heterocycles. The lowest BCUT2D eigenvalue weighted by Gasteiger charge is -2.10. The normalized spacial score (nSPS) is 15.6. The highest BCUT2D eigenvalue weighted by Gasteiger charge is 2.28. The third-order valence-electron chi connectivity index (χ3n) is 1.68. The average molecular weight is 278 g/mol. The smallest absolute Gasteiger partial charge is 0.441 e. The van der Waals surface area contributed by atoms with Gasteiger partial charge in [0.2, 0.25) is 0 Å². The maximum absolute atomic E-state index is 11.8. The maximum atomic E-state index is 11.8. The van der Waals surface area contributed by atoms with Crippen LogP contribution in [-0.4, -0.2) is 39.6 Å². The predicted molar refractivity (Wildman–Crippen MR) is 57.6 cm³/mol. The zero-order valence-corrected chi connectivity index (χ0v) is 10.5. The third kappa shape index (κ3) is 7.98. The molecule has 0 saturated carbocycles. The highest BCUT2D eigenvalue weighted by atomic mass is 32.2.